The van der Waals surface area contributed by atoms with Gasteiger partial charge in [0.1, 0.15) is 5.75 Å². The van der Waals surface area contributed by atoms with E-state index in [0.29, 0.717) is 13.0 Å². The van der Waals surface area contributed by atoms with Crippen molar-refractivity contribution in [2.45, 2.75) is 18.9 Å². The second kappa shape index (κ2) is 7.68. The molecule has 1 atom stereocenters. The molecule has 0 saturated carbocycles. The molecule has 1 unspecified atom stereocenters. The SMILES string of the molecule is COCC(CCO)NC(=O)Cc1cccc(O)c1. The van der Waals surface area contributed by atoms with Gasteiger partial charge in [-0.2, -0.15) is 0 Å². The third-order valence-electron chi connectivity index (χ3n) is 2.49. The summed E-state index contributed by atoms with van der Waals surface area (Å²) in [6, 6.07) is 6.39. The lowest BCUT2D eigenvalue weighted by molar-refractivity contribution is -0.121. The highest BCUT2D eigenvalue weighted by Gasteiger charge is 2.12. The predicted octanol–water partition coefficient (Wildman–Crippen LogP) is 0.448. The summed E-state index contributed by atoms with van der Waals surface area (Å²) in [5, 5.41) is 20.9. The monoisotopic (exact) mass is 253 g/mol. The van der Waals surface area contributed by atoms with Gasteiger partial charge in [0.25, 0.3) is 0 Å². The summed E-state index contributed by atoms with van der Waals surface area (Å²) in [7, 11) is 1.55. The molecule has 1 aromatic rings. The quantitative estimate of drug-likeness (QED) is 0.659. The molecule has 0 aliphatic carbocycles. The van der Waals surface area contributed by atoms with Gasteiger partial charge >= 0.3 is 0 Å². The maximum absolute atomic E-state index is 11.8. The maximum atomic E-state index is 11.8. The topological polar surface area (TPSA) is 78.8 Å². The van der Waals surface area contributed by atoms with E-state index in [1.807, 2.05) is 0 Å². The third kappa shape index (κ3) is 5.16. The van der Waals surface area contributed by atoms with Crippen LogP contribution in [0.1, 0.15) is 12.0 Å². The number of rotatable bonds is 7. The van der Waals surface area contributed by atoms with Crippen molar-refractivity contribution < 1.29 is 19.7 Å². The molecule has 0 aliphatic heterocycles. The van der Waals surface area contributed by atoms with Crippen LogP contribution in [0.4, 0.5) is 0 Å². The molecule has 0 fully saturated rings. The molecule has 1 aromatic carbocycles. The number of amides is 1. The smallest absolute Gasteiger partial charge is 0.224 e. The molecule has 1 rings (SSSR count). The number of hydrogen-bond acceptors (Lipinski definition) is 4. The summed E-state index contributed by atoms with van der Waals surface area (Å²) in [5.74, 6) is -0.0137. The number of aliphatic hydroxyl groups excluding tert-OH is 1. The van der Waals surface area contributed by atoms with Crippen molar-refractivity contribution in [3.63, 3.8) is 0 Å². The summed E-state index contributed by atoms with van der Waals surface area (Å²) in [6.45, 7) is 0.368. The molecule has 18 heavy (non-hydrogen) atoms. The van der Waals surface area contributed by atoms with Crippen LogP contribution in [0.3, 0.4) is 0 Å². The first kappa shape index (κ1) is 14.5. The molecule has 0 aliphatic rings. The van der Waals surface area contributed by atoms with Crippen LogP contribution in [-0.2, 0) is 16.0 Å². The van der Waals surface area contributed by atoms with E-state index in [2.05, 4.69) is 5.32 Å². The lowest BCUT2D eigenvalue weighted by Crippen LogP contribution is -2.39. The molecule has 0 aromatic heterocycles. The number of carbonyl (C=O) groups excluding carboxylic acids is 1. The Hall–Kier alpha value is -1.59. The Labute approximate surface area is 106 Å². The molecular formula is C13H19NO4. The fourth-order valence-electron chi connectivity index (χ4n) is 1.68. The van der Waals surface area contributed by atoms with Gasteiger partial charge in [-0.05, 0) is 24.1 Å². The van der Waals surface area contributed by atoms with Gasteiger partial charge in [0.05, 0.1) is 19.1 Å². The first-order valence-corrected chi connectivity index (χ1v) is 5.82. The highest BCUT2D eigenvalue weighted by molar-refractivity contribution is 5.79. The molecule has 0 heterocycles. The normalized spacial score (nSPS) is 12.1. The van der Waals surface area contributed by atoms with Gasteiger partial charge in [0.15, 0.2) is 0 Å². The van der Waals surface area contributed by atoms with Crippen LogP contribution in [0.15, 0.2) is 24.3 Å². The highest BCUT2D eigenvalue weighted by Crippen LogP contribution is 2.11. The summed E-state index contributed by atoms with van der Waals surface area (Å²) in [4.78, 5) is 11.8. The molecule has 100 valence electrons. The number of methoxy groups -OCH3 is 1. The van der Waals surface area contributed by atoms with Crippen LogP contribution in [0.2, 0.25) is 0 Å². The fourth-order valence-corrected chi connectivity index (χ4v) is 1.68. The van der Waals surface area contributed by atoms with E-state index in [4.69, 9.17) is 9.84 Å². The Bertz CT molecular complexity index is 375. The van der Waals surface area contributed by atoms with Gasteiger partial charge in [-0.3, -0.25) is 4.79 Å². The number of carbonyl (C=O) groups is 1. The minimum Gasteiger partial charge on any atom is -0.508 e. The Morgan fingerprint density at radius 1 is 1.50 bits per heavy atom. The largest absolute Gasteiger partial charge is 0.508 e. The molecule has 0 bridgehead atoms. The number of aliphatic hydroxyl groups is 1. The van der Waals surface area contributed by atoms with Gasteiger partial charge in [-0.15, -0.1) is 0 Å². The maximum Gasteiger partial charge on any atom is 0.224 e. The van der Waals surface area contributed by atoms with Crippen molar-refractivity contribution in [1.82, 2.24) is 5.32 Å². The number of phenols is 1. The van der Waals surface area contributed by atoms with Crippen LogP contribution >= 0.6 is 0 Å². The average Bonchev–Trinajstić information content (AvgIpc) is 2.29. The lowest BCUT2D eigenvalue weighted by Gasteiger charge is -2.16. The molecule has 3 N–H and O–H groups in total. The van der Waals surface area contributed by atoms with Crippen molar-refractivity contribution in [1.29, 1.82) is 0 Å². The number of hydrogen-bond donors (Lipinski definition) is 3. The molecule has 0 saturated heterocycles. The van der Waals surface area contributed by atoms with Gasteiger partial charge in [-0.1, -0.05) is 12.1 Å². The summed E-state index contributed by atoms with van der Waals surface area (Å²) in [6.07, 6.45) is 0.652. The Morgan fingerprint density at radius 3 is 2.89 bits per heavy atom. The fraction of sp³-hybridized carbons (Fsp3) is 0.462. The van der Waals surface area contributed by atoms with E-state index in [9.17, 15) is 9.90 Å². The summed E-state index contributed by atoms with van der Waals surface area (Å²) in [5.41, 5.74) is 0.743. The van der Waals surface area contributed by atoms with E-state index < -0.39 is 0 Å². The Kier molecular flexibility index (Phi) is 6.18. The number of nitrogens with one attached hydrogen (secondary N) is 1. The standard InChI is InChI=1S/C13H19NO4/c1-18-9-11(5-6-15)14-13(17)8-10-3-2-4-12(16)7-10/h2-4,7,11,15-16H,5-6,8-9H2,1H3,(H,14,17). The van der Waals surface area contributed by atoms with E-state index in [1.165, 1.54) is 0 Å². The van der Waals surface area contributed by atoms with Crippen molar-refractivity contribution >= 4 is 5.91 Å². The van der Waals surface area contributed by atoms with Gasteiger partial charge in [-0.25, -0.2) is 0 Å². The van der Waals surface area contributed by atoms with Crippen LogP contribution in [-0.4, -0.2) is 42.5 Å². The van der Waals surface area contributed by atoms with Crippen LogP contribution in [0.25, 0.3) is 0 Å². The molecule has 5 heteroatoms. The first-order chi connectivity index (χ1) is 8.65. The highest BCUT2D eigenvalue weighted by atomic mass is 16.5. The summed E-state index contributed by atoms with van der Waals surface area (Å²) >= 11 is 0. The van der Waals surface area contributed by atoms with Crippen molar-refractivity contribution in [3.8, 4) is 5.75 Å². The number of phenolic OH excluding ortho intramolecular Hbond substituents is 1. The van der Waals surface area contributed by atoms with Gasteiger partial charge in [0.2, 0.25) is 5.91 Å². The minimum absolute atomic E-state index is 0.000428. The second-order valence-electron chi connectivity index (χ2n) is 4.08. The van der Waals surface area contributed by atoms with Gasteiger partial charge < -0.3 is 20.3 Å². The average molecular weight is 253 g/mol. The van der Waals surface area contributed by atoms with Crippen molar-refractivity contribution in [2.24, 2.45) is 0 Å². The zero-order valence-corrected chi connectivity index (χ0v) is 10.4. The van der Waals surface area contributed by atoms with Gasteiger partial charge in [0, 0.05) is 13.7 Å². The van der Waals surface area contributed by atoms with E-state index >= 15 is 0 Å². The second-order valence-corrected chi connectivity index (χ2v) is 4.08. The zero-order valence-electron chi connectivity index (χ0n) is 10.4. The zero-order chi connectivity index (χ0) is 13.4. The number of aromatic hydroxyl groups is 1. The molecule has 0 spiro atoms. The number of benzene rings is 1. The molecule has 0 radical (unpaired) electrons. The third-order valence-corrected chi connectivity index (χ3v) is 2.49. The number of ether oxygens (including phenoxy) is 1. The Balaban J connectivity index is 2.49. The van der Waals surface area contributed by atoms with E-state index in [-0.39, 0.29) is 30.7 Å². The lowest BCUT2D eigenvalue weighted by atomic mass is 10.1. The molecular weight excluding hydrogens is 234 g/mol. The summed E-state index contributed by atoms with van der Waals surface area (Å²) < 4.78 is 4.96. The van der Waals surface area contributed by atoms with Crippen LogP contribution in [0.5, 0.6) is 5.75 Å². The van der Waals surface area contributed by atoms with E-state index in [1.54, 1.807) is 31.4 Å². The molecule has 1 amide bonds. The van der Waals surface area contributed by atoms with Crippen molar-refractivity contribution in [2.75, 3.05) is 20.3 Å². The molecule has 5 nitrogen and oxygen atoms in total. The van der Waals surface area contributed by atoms with Crippen LogP contribution in [0, 0.1) is 0 Å². The predicted molar refractivity (Wildman–Crippen MR) is 67.3 cm³/mol. The first-order valence-electron chi connectivity index (χ1n) is 5.82. The van der Waals surface area contributed by atoms with Crippen molar-refractivity contribution in [3.05, 3.63) is 29.8 Å². The van der Waals surface area contributed by atoms with E-state index in [0.717, 1.165) is 5.56 Å². The van der Waals surface area contributed by atoms with Crippen LogP contribution < -0.4 is 5.32 Å². The minimum atomic E-state index is -0.190. The Morgan fingerprint density at radius 2 is 2.28 bits per heavy atom.